The Morgan fingerprint density at radius 1 is 1.10 bits per heavy atom. The molecule has 1 rings (SSSR count). The van der Waals surface area contributed by atoms with Crippen LogP contribution in [0.4, 0.5) is 0 Å². The Labute approximate surface area is 137 Å². The van der Waals surface area contributed by atoms with Crippen molar-refractivity contribution in [3.63, 3.8) is 0 Å². The van der Waals surface area contributed by atoms with E-state index in [-0.39, 0.29) is 28.3 Å². The van der Waals surface area contributed by atoms with E-state index in [0.29, 0.717) is 5.02 Å². The van der Waals surface area contributed by atoms with E-state index in [1.165, 1.54) is 12.1 Å². The number of rotatable bonds is 5. The van der Waals surface area contributed by atoms with Crippen LogP contribution in [0.25, 0.3) is 0 Å². The molecule has 0 aliphatic heterocycles. The van der Waals surface area contributed by atoms with Gasteiger partial charge in [0.05, 0.1) is 16.7 Å². The maximum absolute atomic E-state index is 11.6. The molecule has 0 spiro atoms. The van der Waals surface area contributed by atoms with E-state index in [1.54, 1.807) is 0 Å². The molecule has 0 aliphatic carbocycles. The molecular weight excluding hydrogens is 339 g/mol. The minimum absolute atomic E-state index is 0.0204. The molecule has 7 heteroatoms. The van der Waals surface area contributed by atoms with Crippen LogP contribution < -0.4 is 4.74 Å². The normalized spacial score (nSPS) is 11.0. The first-order valence-electron chi connectivity index (χ1n) is 6.00. The number of carbonyl (C=O) groups is 2. The molecule has 114 valence electrons. The molecule has 0 atom stereocenters. The molecule has 1 aromatic rings. The molecule has 0 unspecified atom stereocenters. The van der Waals surface area contributed by atoms with Crippen molar-refractivity contribution in [2.75, 3.05) is 6.61 Å². The molecule has 0 aromatic heterocycles. The van der Waals surface area contributed by atoms with E-state index >= 15 is 0 Å². The summed E-state index contributed by atoms with van der Waals surface area (Å²) >= 11 is 17.5. The molecule has 0 saturated heterocycles. The fraction of sp³-hybridized carbons (Fsp3) is 0.286. The molecule has 0 N–H and O–H groups in total. The topological polar surface area (TPSA) is 52.6 Å². The molecule has 0 radical (unpaired) electrons. The van der Waals surface area contributed by atoms with Crippen LogP contribution in [0.2, 0.25) is 15.1 Å². The van der Waals surface area contributed by atoms with Crippen LogP contribution in [-0.4, -0.2) is 18.5 Å². The molecule has 4 nitrogen and oxygen atoms in total. The number of halogens is 3. The monoisotopic (exact) mass is 350 g/mol. The highest BCUT2D eigenvalue weighted by Crippen LogP contribution is 2.35. The second kappa shape index (κ2) is 8.27. The van der Waals surface area contributed by atoms with Crippen molar-refractivity contribution in [1.82, 2.24) is 0 Å². The lowest BCUT2D eigenvalue weighted by Gasteiger charge is -2.07. The molecule has 0 bridgehead atoms. The zero-order chi connectivity index (χ0) is 16.0. The van der Waals surface area contributed by atoms with E-state index in [1.807, 2.05) is 13.8 Å². The quantitative estimate of drug-likeness (QED) is 0.451. The summed E-state index contributed by atoms with van der Waals surface area (Å²) in [6, 6.07) is 2.77. The highest BCUT2D eigenvalue weighted by Gasteiger charge is 2.12. The minimum atomic E-state index is -0.803. The molecule has 0 saturated carbocycles. The average molecular weight is 352 g/mol. The van der Waals surface area contributed by atoms with Crippen molar-refractivity contribution in [1.29, 1.82) is 0 Å². The third kappa shape index (κ3) is 6.38. The number of esters is 2. The van der Waals surface area contributed by atoms with Gasteiger partial charge in [-0.3, -0.25) is 0 Å². The Balaban J connectivity index is 2.64. The highest BCUT2D eigenvalue weighted by atomic mass is 35.5. The van der Waals surface area contributed by atoms with E-state index in [2.05, 4.69) is 0 Å². The average Bonchev–Trinajstić information content (AvgIpc) is 2.38. The summed E-state index contributed by atoms with van der Waals surface area (Å²) in [5.74, 6) is -1.24. The molecule has 0 heterocycles. The van der Waals surface area contributed by atoms with Gasteiger partial charge >= 0.3 is 11.9 Å². The first-order valence-corrected chi connectivity index (χ1v) is 7.14. The zero-order valence-corrected chi connectivity index (χ0v) is 13.6. The van der Waals surface area contributed by atoms with E-state index in [9.17, 15) is 9.59 Å². The zero-order valence-electron chi connectivity index (χ0n) is 11.4. The number of benzene rings is 1. The first kappa shape index (κ1) is 17.8. The van der Waals surface area contributed by atoms with Gasteiger partial charge in [-0.05, 0) is 18.1 Å². The van der Waals surface area contributed by atoms with E-state index < -0.39 is 11.9 Å². The van der Waals surface area contributed by atoms with Crippen LogP contribution in [0.1, 0.15) is 13.8 Å². The van der Waals surface area contributed by atoms with Gasteiger partial charge in [0, 0.05) is 17.2 Å². The van der Waals surface area contributed by atoms with Crippen molar-refractivity contribution in [3.8, 4) is 5.75 Å². The van der Waals surface area contributed by atoms with E-state index in [4.69, 9.17) is 44.3 Å². The smallest absolute Gasteiger partial charge is 0.336 e. The van der Waals surface area contributed by atoms with Crippen molar-refractivity contribution >= 4 is 46.7 Å². The predicted octanol–water partition coefficient (Wildman–Crippen LogP) is 4.31. The van der Waals surface area contributed by atoms with Gasteiger partial charge in [-0.1, -0.05) is 48.7 Å². The van der Waals surface area contributed by atoms with Gasteiger partial charge in [0.1, 0.15) is 0 Å². The van der Waals surface area contributed by atoms with Crippen molar-refractivity contribution < 1.29 is 19.1 Å². The van der Waals surface area contributed by atoms with Gasteiger partial charge in [-0.25, -0.2) is 9.59 Å². The first-order chi connectivity index (χ1) is 9.79. The lowest BCUT2D eigenvalue weighted by atomic mass is 10.2. The largest absolute Gasteiger partial charge is 0.462 e. The molecular formula is C14H13Cl3O4. The number of hydrogen-bond acceptors (Lipinski definition) is 4. The van der Waals surface area contributed by atoms with E-state index in [0.717, 1.165) is 12.2 Å². The third-order valence-corrected chi connectivity index (χ3v) is 2.86. The predicted molar refractivity (Wildman–Crippen MR) is 82.0 cm³/mol. The van der Waals surface area contributed by atoms with Crippen molar-refractivity contribution in [3.05, 3.63) is 39.4 Å². The fourth-order valence-corrected chi connectivity index (χ4v) is 2.09. The van der Waals surface area contributed by atoms with Gasteiger partial charge < -0.3 is 9.47 Å². The maximum Gasteiger partial charge on any atom is 0.336 e. The van der Waals surface area contributed by atoms with Gasteiger partial charge in [0.15, 0.2) is 5.75 Å². The summed E-state index contributed by atoms with van der Waals surface area (Å²) in [6.45, 7) is 4.07. The van der Waals surface area contributed by atoms with Crippen LogP contribution in [0.3, 0.4) is 0 Å². The number of carbonyl (C=O) groups excluding carboxylic acids is 2. The highest BCUT2D eigenvalue weighted by molar-refractivity contribution is 6.40. The number of ether oxygens (including phenoxy) is 2. The maximum atomic E-state index is 11.6. The summed E-state index contributed by atoms with van der Waals surface area (Å²) in [4.78, 5) is 22.9. The minimum Gasteiger partial charge on any atom is -0.462 e. The molecule has 21 heavy (non-hydrogen) atoms. The van der Waals surface area contributed by atoms with Gasteiger partial charge in [-0.2, -0.15) is 0 Å². The van der Waals surface area contributed by atoms with Gasteiger partial charge in [-0.15, -0.1) is 0 Å². The van der Waals surface area contributed by atoms with Crippen LogP contribution in [-0.2, 0) is 14.3 Å². The van der Waals surface area contributed by atoms with Crippen LogP contribution in [0.15, 0.2) is 24.3 Å². The fourth-order valence-electron chi connectivity index (χ4n) is 1.19. The van der Waals surface area contributed by atoms with Crippen LogP contribution in [0.5, 0.6) is 5.75 Å². The van der Waals surface area contributed by atoms with Crippen molar-refractivity contribution in [2.45, 2.75) is 13.8 Å². The van der Waals surface area contributed by atoms with Gasteiger partial charge in [0.25, 0.3) is 0 Å². The summed E-state index contributed by atoms with van der Waals surface area (Å²) < 4.78 is 9.82. The molecule has 0 aliphatic rings. The lowest BCUT2D eigenvalue weighted by Crippen LogP contribution is -2.09. The Morgan fingerprint density at radius 2 is 1.62 bits per heavy atom. The summed E-state index contributed by atoms with van der Waals surface area (Å²) in [5, 5.41) is 0.505. The second-order valence-electron chi connectivity index (χ2n) is 4.48. The SMILES string of the molecule is CC(C)COC(=O)/C=C/C(=O)Oc1c(Cl)cc(Cl)cc1Cl. The summed E-state index contributed by atoms with van der Waals surface area (Å²) in [7, 11) is 0. The standard InChI is InChI=1S/C14H13Cl3O4/c1-8(2)7-20-12(18)3-4-13(19)21-14-10(16)5-9(15)6-11(14)17/h3-6,8H,7H2,1-2H3/b4-3+. The molecule has 0 fully saturated rings. The van der Waals surface area contributed by atoms with Crippen LogP contribution in [0, 0.1) is 5.92 Å². The molecule has 0 amide bonds. The summed E-state index contributed by atoms with van der Waals surface area (Å²) in [6.07, 6.45) is 1.91. The second-order valence-corrected chi connectivity index (χ2v) is 5.73. The van der Waals surface area contributed by atoms with Crippen molar-refractivity contribution in [2.24, 2.45) is 5.92 Å². The Bertz CT molecular complexity index is 544. The van der Waals surface area contributed by atoms with Crippen LogP contribution >= 0.6 is 34.8 Å². The summed E-state index contributed by atoms with van der Waals surface area (Å²) in [5.41, 5.74) is 0. The number of hydrogen-bond donors (Lipinski definition) is 0. The Morgan fingerprint density at radius 3 is 2.14 bits per heavy atom. The Hall–Kier alpha value is -1.23. The van der Waals surface area contributed by atoms with Gasteiger partial charge in [0.2, 0.25) is 0 Å². The Kier molecular flexibility index (Phi) is 7.02. The lowest BCUT2D eigenvalue weighted by molar-refractivity contribution is -0.139. The molecule has 1 aromatic carbocycles. The third-order valence-electron chi connectivity index (χ3n) is 2.08.